The van der Waals surface area contributed by atoms with Crippen molar-refractivity contribution in [2.24, 2.45) is 0 Å². The van der Waals surface area contributed by atoms with Gasteiger partial charge in [0.05, 0.1) is 30.5 Å². The predicted molar refractivity (Wildman–Crippen MR) is 212 cm³/mol. The van der Waals surface area contributed by atoms with E-state index in [1.807, 2.05) is 55.3 Å². The van der Waals surface area contributed by atoms with Crippen molar-refractivity contribution in [2.45, 2.75) is 81.8 Å². The van der Waals surface area contributed by atoms with Crippen molar-refractivity contribution in [3.8, 4) is 28.7 Å². The van der Waals surface area contributed by atoms with Gasteiger partial charge in [-0.05, 0) is 57.0 Å². The summed E-state index contributed by atoms with van der Waals surface area (Å²) in [4.78, 5) is 57.1. The lowest BCUT2D eigenvalue weighted by Crippen LogP contribution is -2.69. The van der Waals surface area contributed by atoms with Gasteiger partial charge in [-0.2, -0.15) is 0 Å². The molecule has 2 unspecified atom stereocenters. The number of carbonyl (C=O) groups excluding carboxylic acids is 4. The van der Waals surface area contributed by atoms with E-state index in [2.05, 4.69) is 15.5 Å². The molecular weight excluding hydrogens is 769 g/mol. The maximum Gasteiger partial charge on any atom is 0.329 e. The van der Waals surface area contributed by atoms with Crippen molar-refractivity contribution >= 4 is 41.6 Å². The summed E-state index contributed by atoms with van der Waals surface area (Å²) in [5.41, 5.74) is 4.79. The average Bonchev–Trinajstić information content (AvgIpc) is 3.69. The van der Waals surface area contributed by atoms with Crippen LogP contribution in [-0.2, 0) is 30.3 Å². The quantitative estimate of drug-likeness (QED) is 0.155. The number of benzene rings is 3. The van der Waals surface area contributed by atoms with Gasteiger partial charge in [0.1, 0.15) is 30.7 Å². The second-order valence-corrected chi connectivity index (χ2v) is 16.4. The summed E-state index contributed by atoms with van der Waals surface area (Å²) < 4.78 is 29.8. The van der Waals surface area contributed by atoms with Gasteiger partial charge in [0.15, 0.2) is 23.0 Å². The minimum atomic E-state index is -1.16. The van der Waals surface area contributed by atoms with Crippen molar-refractivity contribution in [2.75, 3.05) is 33.3 Å². The molecule has 306 valence electrons. The van der Waals surface area contributed by atoms with Crippen molar-refractivity contribution in [3.63, 3.8) is 0 Å². The Bertz CT molecular complexity index is 2220. The number of aliphatic hydroxyl groups is 1. The van der Waals surface area contributed by atoms with Crippen molar-refractivity contribution in [1.82, 2.24) is 20.4 Å². The number of thioether (sulfide) groups is 1. The number of carbonyl (C=O) groups is 4. The zero-order chi connectivity index (χ0) is 41.2. The summed E-state index contributed by atoms with van der Waals surface area (Å²) in [5.74, 6) is -0.980. The zero-order valence-corrected chi connectivity index (χ0v) is 33.8. The monoisotopic (exact) mass is 814 g/mol. The molecule has 6 aliphatic rings. The van der Waals surface area contributed by atoms with Crippen LogP contribution in [0.15, 0.2) is 42.5 Å². The summed E-state index contributed by atoms with van der Waals surface area (Å²) in [6.07, 6.45) is 2.29. The molecule has 0 saturated carbocycles. The number of phenols is 1. The number of hydrogen-bond donors (Lipinski definition) is 4. The summed E-state index contributed by atoms with van der Waals surface area (Å²) in [6, 6.07) is 6.62. The number of esters is 2. The standard InChI is InChI=1S/C42H46N4O11S/c1-19-14-24-15-26-41(51)46-27-16-54-42(52)25(44-40(50)21(3)43-28(48)13-12-23-10-8-7-9-11-23)17-58-39(33(46)32(45(26)5)29(24)34(49)35(19)53-6)31-30(27)38-37(55-18-56-38)20(2)36(31)57-22(4)47/h7-14,21,25-27,32-33,39,41,49,51H,15-18H2,1-6H3,(H,43,48)(H,44,50)/b13-12+/t21?,25-,26+,27-,32-,33?,39+,41-/m0/s1. The van der Waals surface area contributed by atoms with Gasteiger partial charge in [0.25, 0.3) is 0 Å². The number of ether oxygens (including phenoxy) is 5. The molecule has 0 radical (unpaired) electrons. The van der Waals surface area contributed by atoms with E-state index in [9.17, 15) is 29.4 Å². The minimum absolute atomic E-state index is 0.00405. The first-order valence-corrected chi connectivity index (χ1v) is 20.2. The average molecular weight is 815 g/mol. The van der Waals surface area contributed by atoms with Crippen LogP contribution >= 0.6 is 11.8 Å². The van der Waals surface area contributed by atoms with Crippen LogP contribution < -0.4 is 29.6 Å². The predicted octanol–water partition coefficient (Wildman–Crippen LogP) is 3.36. The Morgan fingerprint density at radius 1 is 1.05 bits per heavy atom. The van der Waals surface area contributed by atoms with Crippen LogP contribution in [0.2, 0.25) is 0 Å². The first kappa shape index (κ1) is 39.5. The number of likely N-dealkylation sites (N-methyl/N-ethyl adjacent to an activating group) is 1. The highest BCUT2D eigenvalue weighted by Crippen LogP contribution is 2.63. The van der Waals surface area contributed by atoms with E-state index in [1.165, 1.54) is 38.8 Å². The van der Waals surface area contributed by atoms with E-state index >= 15 is 0 Å². The van der Waals surface area contributed by atoms with E-state index in [0.717, 1.165) is 16.7 Å². The molecule has 15 nitrogen and oxygen atoms in total. The molecule has 4 N–H and O–H groups in total. The van der Waals surface area contributed by atoms with Gasteiger partial charge in [0.2, 0.25) is 18.6 Å². The van der Waals surface area contributed by atoms with Crippen LogP contribution in [0.3, 0.4) is 0 Å². The summed E-state index contributed by atoms with van der Waals surface area (Å²) in [7, 11) is 3.42. The fourth-order valence-corrected chi connectivity index (χ4v) is 10.7. The summed E-state index contributed by atoms with van der Waals surface area (Å²) >= 11 is 1.31. The lowest BCUT2D eigenvalue weighted by molar-refractivity contribution is -0.184. The molecule has 58 heavy (non-hydrogen) atoms. The van der Waals surface area contributed by atoms with Crippen molar-refractivity contribution in [1.29, 1.82) is 0 Å². The molecule has 0 spiro atoms. The molecule has 0 aliphatic carbocycles. The molecule has 9 rings (SSSR count). The third-order valence-electron chi connectivity index (χ3n) is 11.8. The third-order valence-corrected chi connectivity index (χ3v) is 13.2. The number of aliphatic hydroxyl groups excluding tert-OH is 1. The SMILES string of the molecule is COc1c(C)cc2c(c1O)[C@H]1C3[C@@H]4SC[C@H](NC(=O)C(C)NC(=O)/C=C/c5ccccc5)C(=O)OC[C@@H](c5c6c(c(C)c(OC(C)=O)c54)OCO6)N3[C@@H](O)[C@@H](C2)N1C. The van der Waals surface area contributed by atoms with E-state index in [1.54, 1.807) is 13.0 Å². The number of rotatable bonds is 7. The molecule has 3 aromatic rings. The van der Waals surface area contributed by atoms with E-state index in [4.69, 9.17) is 23.7 Å². The Hall–Kier alpha value is -5.29. The first-order valence-electron chi connectivity index (χ1n) is 19.1. The maximum absolute atomic E-state index is 14.0. The van der Waals surface area contributed by atoms with E-state index in [-0.39, 0.29) is 30.7 Å². The van der Waals surface area contributed by atoms with Gasteiger partial charge in [-0.3, -0.25) is 24.2 Å². The summed E-state index contributed by atoms with van der Waals surface area (Å²) in [5, 5.41) is 29.2. The van der Waals surface area contributed by atoms with E-state index in [0.29, 0.717) is 45.9 Å². The van der Waals surface area contributed by atoms with Gasteiger partial charge in [-0.15, -0.1) is 11.8 Å². The highest BCUT2D eigenvalue weighted by Gasteiger charge is 2.60. The Morgan fingerprint density at radius 2 is 1.79 bits per heavy atom. The molecule has 6 heterocycles. The second-order valence-electron chi connectivity index (χ2n) is 15.3. The van der Waals surface area contributed by atoms with E-state index < -0.39 is 71.5 Å². The van der Waals surface area contributed by atoms with Crippen LogP contribution in [0.25, 0.3) is 6.08 Å². The Labute approximate surface area is 339 Å². The third kappa shape index (κ3) is 6.61. The Kier molecular flexibility index (Phi) is 10.5. The number of methoxy groups -OCH3 is 1. The largest absolute Gasteiger partial charge is 0.504 e. The van der Waals surface area contributed by atoms with Gasteiger partial charge in [-0.25, -0.2) is 4.79 Å². The molecule has 8 atom stereocenters. The summed E-state index contributed by atoms with van der Waals surface area (Å²) in [6.45, 7) is 6.10. The lowest BCUT2D eigenvalue weighted by atomic mass is 9.73. The second kappa shape index (κ2) is 15.5. The lowest BCUT2D eigenvalue weighted by Gasteiger charge is -2.62. The van der Waals surface area contributed by atoms with Crippen molar-refractivity contribution < 1.29 is 53.1 Å². The van der Waals surface area contributed by atoms with Gasteiger partial charge >= 0.3 is 11.9 Å². The number of nitrogens with zero attached hydrogens (tertiary/aromatic N) is 2. The molecular formula is C42H46N4O11S. The Balaban J connectivity index is 1.21. The minimum Gasteiger partial charge on any atom is -0.504 e. The molecule has 2 amide bonds. The number of phenolic OH excluding ortho intramolecular Hbond substituents is 1. The highest BCUT2D eigenvalue weighted by atomic mass is 32.2. The van der Waals surface area contributed by atoms with Crippen molar-refractivity contribution in [3.05, 3.63) is 81.4 Å². The first-order chi connectivity index (χ1) is 27.8. The topological polar surface area (TPSA) is 185 Å². The number of aryl methyl sites for hydroxylation is 1. The number of aromatic hydroxyl groups is 1. The van der Waals surface area contributed by atoms with Crippen LogP contribution in [0.1, 0.15) is 70.1 Å². The molecule has 16 heteroatoms. The van der Waals surface area contributed by atoms with Gasteiger partial charge < -0.3 is 44.5 Å². The van der Waals surface area contributed by atoms with Crippen LogP contribution in [0, 0.1) is 13.8 Å². The fraction of sp³-hybridized carbons (Fsp3) is 0.429. The number of fused-ring (bicyclic) bond motifs is 10. The molecule has 2 fully saturated rings. The van der Waals surface area contributed by atoms with Gasteiger partial charge in [-0.1, -0.05) is 36.4 Å². The fourth-order valence-electron chi connectivity index (χ4n) is 9.24. The highest BCUT2D eigenvalue weighted by molar-refractivity contribution is 7.99. The molecule has 2 saturated heterocycles. The normalized spacial score (nSPS) is 26.5. The molecule has 3 aromatic carbocycles. The number of nitrogens with one attached hydrogen (secondary N) is 2. The molecule has 4 bridgehead atoms. The zero-order valence-electron chi connectivity index (χ0n) is 32.9. The smallest absolute Gasteiger partial charge is 0.329 e. The molecule has 6 aliphatic heterocycles. The number of hydrogen-bond acceptors (Lipinski definition) is 14. The number of amides is 2. The van der Waals surface area contributed by atoms with Crippen LogP contribution in [-0.4, -0.2) is 107 Å². The van der Waals surface area contributed by atoms with Gasteiger partial charge in [0, 0.05) is 47.0 Å². The number of piperazine rings is 1. The Morgan fingerprint density at radius 3 is 2.52 bits per heavy atom. The molecule has 0 aromatic heterocycles. The van der Waals surface area contributed by atoms with Crippen LogP contribution in [0.5, 0.6) is 28.7 Å². The van der Waals surface area contributed by atoms with Crippen LogP contribution in [0.4, 0.5) is 0 Å². The maximum atomic E-state index is 14.0.